The highest BCUT2D eigenvalue weighted by atomic mass is 16.1. The van der Waals surface area contributed by atoms with Crippen molar-refractivity contribution in [3.05, 3.63) is 35.8 Å². The molecular formula is C15H16N4O. The predicted octanol–water partition coefficient (Wildman–Crippen LogP) is 1.78. The number of carbonyl (C=O) groups excluding carboxylic acids is 1. The van der Waals surface area contributed by atoms with E-state index in [1.54, 1.807) is 0 Å². The number of nitrogens with one attached hydrogen (secondary N) is 2. The van der Waals surface area contributed by atoms with Gasteiger partial charge in [-0.15, -0.1) is 0 Å². The van der Waals surface area contributed by atoms with Gasteiger partial charge in [0.25, 0.3) is 0 Å². The van der Waals surface area contributed by atoms with Crippen molar-refractivity contribution < 1.29 is 4.79 Å². The summed E-state index contributed by atoms with van der Waals surface area (Å²) in [4.78, 5) is 19.2. The second-order valence-electron chi connectivity index (χ2n) is 5.71. The maximum absolute atomic E-state index is 11.4. The van der Waals surface area contributed by atoms with Crippen LogP contribution >= 0.6 is 0 Å². The summed E-state index contributed by atoms with van der Waals surface area (Å²) in [6, 6.07) is 6.34. The Balaban J connectivity index is 1.62. The number of fused-ring (bicyclic) bond motifs is 1. The number of imidazole rings is 1. The fraction of sp³-hybridized carbons (Fsp3) is 0.333. The van der Waals surface area contributed by atoms with Crippen LogP contribution in [0.15, 0.2) is 24.4 Å². The van der Waals surface area contributed by atoms with E-state index < -0.39 is 0 Å². The first kappa shape index (κ1) is 11.7. The Kier molecular flexibility index (Phi) is 2.44. The molecular weight excluding hydrogens is 252 g/mol. The molecule has 2 aromatic rings. The molecule has 0 unspecified atom stereocenters. The van der Waals surface area contributed by atoms with Gasteiger partial charge in [0.2, 0.25) is 5.91 Å². The normalized spacial score (nSPS) is 24.1. The molecule has 20 heavy (non-hydrogen) atoms. The number of H-pyrrole nitrogens is 1. The van der Waals surface area contributed by atoms with E-state index in [4.69, 9.17) is 5.73 Å². The number of hydrogen-bond acceptors (Lipinski definition) is 3. The molecule has 102 valence electrons. The standard InChI is InChI=1S/C15H16N4O/c16-11-4-10(5-11)15-17-7-13(19-15)8-1-2-12-9(3-8)6-14(20)18-12/h1-3,7,10-11H,4-6,16H2,(H,17,19)(H,18,20). The zero-order valence-electron chi connectivity index (χ0n) is 11.0. The van der Waals surface area contributed by atoms with Gasteiger partial charge >= 0.3 is 0 Å². The molecule has 1 aromatic heterocycles. The SMILES string of the molecule is NC1CC(c2ncc(-c3ccc4c(c3)CC(=O)N4)[nH]2)C1. The highest BCUT2D eigenvalue weighted by Crippen LogP contribution is 2.35. The van der Waals surface area contributed by atoms with Crippen molar-refractivity contribution in [1.82, 2.24) is 9.97 Å². The Morgan fingerprint density at radius 2 is 2.15 bits per heavy atom. The van der Waals surface area contributed by atoms with Gasteiger partial charge in [0, 0.05) is 17.6 Å². The Labute approximate surface area is 116 Å². The van der Waals surface area contributed by atoms with Crippen molar-refractivity contribution in [3.8, 4) is 11.3 Å². The Hall–Kier alpha value is -2.14. The summed E-state index contributed by atoms with van der Waals surface area (Å²) in [5.41, 5.74) is 9.86. The molecule has 0 saturated heterocycles. The first-order valence-electron chi connectivity index (χ1n) is 6.92. The van der Waals surface area contributed by atoms with Crippen LogP contribution in [0.3, 0.4) is 0 Å². The Morgan fingerprint density at radius 3 is 2.95 bits per heavy atom. The third-order valence-corrected chi connectivity index (χ3v) is 4.20. The van der Waals surface area contributed by atoms with Crippen LogP contribution in [0.4, 0.5) is 5.69 Å². The fourth-order valence-electron chi connectivity index (χ4n) is 2.97. The predicted molar refractivity (Wildman–Crippen MR) is 76.3 cm³/mol. The van der Waals surface area contributed by atoms with E-state index >= 15 is 0 Å². The quantitative estimate of drug-likeness (QED) is 0.776. The lowest BCUT2D eigenvalue weighted by atomic mass is 9.80. The number of benzene rings is 1. The Morgan fingerprint density at radius 1 is 1.30 bits per heavy atom. The van der Waals surface area contributed by atoms with Gasteiger partial charge in [-0.3, -0.25) is 4.79 Å². The van der Waals surface area contributed by atoms with Crippen LogP contribution in [-0.4, -0.2) is 21.9 Å². The number of nitrogens with two attached hydrogens (primary N) is 1. The van der Waals surface area contributed by atoms with Gasteiger partial charge in [0.1, 0.15) is 5.82 Å². The summed E-state index contributed by atoms with van der Waals surface area (Å²) in [7, 11) is 0. The smallest absolute Gasteiger partial charge is 0.228 e. The first-order valence-corrected chi connectivity index (χ1v) is 6.92. The van der Waals surface area contributed by atoms with Gasteiger partial charge < -0.3 is 16.0 Å². The molecule has 0 spiro atoms. The molecule has 0 radical (unpaired) electrons. The van der Waals surface area contributed by atoms with Crippen molar-refractivity contribution >= 4 is 11.6 Å². The molecule has 0 atom stereocenters. The van der Waals surface area contributed by atoms with E-state index in [-0.39, 0.29) is 5.91 Å². The van der Waals surface area contributed by atoms with Crippen LogP contribution in [0.25, 0.3) is 11.3 Å². The molecule has 1 aromatic carbocycles. The largest absolute Gasteiger partial charge is 0.342 e. The van der Waals surface area contributed by atoms with E-state index in [0.29, 0.717) is 18.4 Å². The van der Waals surface area contributed by atoms with Gasteiger partial charge in [0.05, 0.1) is 18.3 Å². The highest BCUT2D eigenvalue weighted by molar-refractivity contribution is 5.99. The van der Waals surface area contributed by atoms with Crippen LogP contribution in [0.2, 0.25) is 0 Å². The van der Waals surface area contributed by atoms with Gasteiger partial charge in [-0.25, -0.2) is 4.98 Å². The molecule has 1 aliphatic heterocycles. The minimum atomic E-state index is 0.0610. The van der Waals surface area contributed by atoms with E-state index in [1.807, 2.05) is 18.3 Å². The molecule has 0 bridgehead atoms. The second kappa shape index (κ2) is 4.18. The maximum atomic E-state index is 11.4. The minimum Gasteiger partial charge on any atom is -0.342 e. The van der Waals surface area contributed by atoms with E-state index in [9.17, 15) is 4.79 Å². The van der Waals surface area contributed by atoms with Gasteiger partial charge in [-0.1, -0.05) is 6.07 Å². The zero-order chi connectivity index (χ0) is 13.7. The lowest BCUT2D eigenvalue weighted by Gasteiger charge is -2.30. The molecule has 1 aliphatic carbocycles. The molecule has 5 heteroatoms. The number of hydrogen-bond donors (Lipinski definition) is 3. The molecule has 4 rings (SSSR count). The molecule has 1 saturated carbocycles. The average Bonchev–Trinajstić information content (AvgIpc) is 2.99. The third-order valence-electron chi connectivity index (χ3n) is 4.20. The van der Waals surface area contributed by atoms with Crippen molar-refractivity contribution in [2.45, 2.75) is 31.2 Å². The van der Waals surface area contributed by atoms with Crippen LogP contribution in [-0.2, 0) is 11.2 Å². The number of nitrogens with zero attached hydrogens (tertiary/aromatic N) is 1. The zero-order valence-corrected chi connectivity index (χ0v) is 11.0. The van der Waals surface area contributed by atoms with E-state index in [0.717, 1.165) is 41.2 Å². The third kappa shape index (κ3) is 1.82. The molecule has 2 aliphatic rings. The van der Waals surface area contributed by atoms with Crippen LogP contribution < -0.4 is 11.1 Å². The summed E-state index contributed by atoms with van der Waals surface area (Å²) in [5, 5.41) is 2.84. The van der Waals surface area contributed by atoms with Crippen LogP contribution in [0, 0.1) is 0 Å². The first-order chi connectivity index (χ1) is 9.69. The van der Waals surface area contributed by atoms with Crippen LogP contribution in [0.5, 0.6) is 0 Å². The van der Waals surface area contributed by atoms with Crippen molar-refractivity contribution in [1.29, 1.82) is 0 Å². The summed E-state index contributed by atoms with van der Waals surface area (Å²) in [6.07, 6.45) is 4.35. The van der Waals surface area contributed by atoms with Gasteiger partial charge in [0.15, 0.2) is 0 Å². The molecule has 1 fully saturated rings. The van der Waals surface area contributed by atoms with Crippen molar-refractivity contribution in [2.75, 3.05) is 5.32 Å². The van der Waals surface area contributed by atoms with Crippen LogP contribution in [0.1, 0.15) is 30.1 Å². The Bertz CT molecular complexity index is 685. The number of rotatable bonds is 2. The number of anilines is 1. The van der Waals surface area contributed by atoms with Gasteiger partial charge in [-0.2, -0.15) is 0 Å². The molecule has 2 heterocycles. The lowest BCUT2D eigenvalue weighted by Crippen LogP contribution is -2.35. The second-order valence-corrected chi connectivity index (χ2v) is 5.71. The molecule has 5 nitrogen and oxygen atoms in total. The number of aromatic amines is 1. The van der Waals surface area contributed by atoms with Crippen molar-refractivity contribution in [3.63, 3.8) is 0 Å². The number of amides is 1. The minimum absolute atomic E-state index is 0.0610. The summed E-state index contributed by atoms with van der Waals surface area (Å²) in [6.45, 7) is 0. The lowest BCUT2D eigenvalue weighted by molar-refractivity contribution is -0.115. The molecule has 1 amide bonds. The maximum Gasteiger partial charge on any atom is 0.228 e. The summed E-state index contributed by atoms with van der Waals surface area (Å²) < 4.78 is 0. The fourth-order valence-corrected chi connectivity index (χ4v) is 2.97. The van der Waals surface area contributed by atoms with E-state index in [1.165, 1.54) is 0 Å². The highest BCUT2D eigenvalue weighted by Gasteiger charge is 2.29. The average molecular weight is 268 g/mol. The summed E-state index contributed by atoms with van der Waals surface area (Å²) >= 11 is 0. The molecule has 4 N–H and O–H groups in total. The number of carbonyl (C=O) groups is 1. The topological polar surface area (TPSA) is 83.8 Å². The van der Waals surface area contributed by atoms with Gasteiger partial charge in [-0.05, 0) is 36.1 Å². The monoisotopic (exact) mass is 268 g/mol. The number of aromatic nitrogens is 2. The summed E-state index contributed by atoms with van der Waals surface area (Å²) in [5.74, 6) is 1.55. The van der Waals surface area contributed by atoms with E-state index in [2.05, 4.69) is 21.4 Å². The van der Waals surface area contributed by atoms with Crippen molar-refractivity contribution in [2.24, 2.45) is 5.73 Å².